The summed E-state index contributed by atoms with van der Waals surface area (Å²) < 4.78 is 0. The van der Waals surface area contributed by atoms with Gasteiger partial charge in [0.2, 0.25) is 0 Å². The summed E-state index contributed by atoms with van der Waals surface area (Å²) >= 11 is 0. The van der Waals surface area contributed by atoms with Gasteiger partial charge in [0, 0.05) is 12.6 Å². The summed E-state index contributed by atoms with van der Waals surface area (Å²) in [6, 6.07) is 0.412. The normalized spacial score (nSPS) is 28.1. The van der Waals surface area contributed by atoms with Crippen LogP contribution in [0, 0.1) is 5.92 Å². The molecule has 2 heterocycles. The first-order valence-corrected chi connectivity index (χ1v) is 6.05. The summed E-state index contributed by atoms with van der Waals surface area (Å²) in [5.74, 6) is 0.761. The quantitative estimate of drug-likeness (QED) is 0.688. The Labute approximate surface area is 87.0 Å². The van der Waals surface area contributed by atoms with Crippen LogP contribution < -0.4 is 11.1 Å². The average molecular weight is 197 g/mol. The van der Waals surface area contributed by atoms with E-state index in [1.165, 1.54) is 51.9 Å². The van der Waals surface area contributed by atoms with E-state index in [1.807, 2.05) is 0 Å². The Kier molecular flexibility index (Phi) is 3.79. The number of piperidine rings is 1. The highest BCUT2D eigenvalue weighted by Gasteiger charge is 2.23. The first-order chi connectivity index (χ1) is 6.86. The minimum absolute atomic E-state index is 0.412. The minimum Gasteiger partial charge on any atom is -0.326 e. The molecular weight excluding hydrogens is 174 g/mol. The van der Waals surface area contributed by atoms with Crippen molar-refractivity contribution in [3.63, 3.8) is 0 Å². The Morgan fingerprint density at radius 1 is 1.21 bits per heavy atom. The molecule has 0 radical (unpaired) electrons. The highest BCUT2D eigenvalue weighted by Crippen LogP contribution is 2.17. The first kappa shape index (κ1) is 10.4. The molecule has 0 bridgehead atoms. The molecule has 2 fully saturated rings. The molecule has 2 saturated heterocycles. The zero-order valence-electron chi connectivity index (χ0n) is 9.04. The molecule has 0 aromatic carbocycles. The topological polar surface area (TPSA) is 41.3 Å². The van der Waals surface area contributed by atoms with Crippen molar-refractivity contribution in [2.45, 2.75) is 31.7 Å². The standard InChI is InChI=1S/C11H23N3/c12-11(9-14-7-1-2-8-14)10-3-5-13-6-4-10/h10-11,13H,1-9,12H2. The minimum atomic E-state index is 0.412. The van der Waals surface area contributed by atoms with Crippen molar-refractivity contribution in [1.82, 2.24) is 10.2 Å². The molecule has 1 atom stereocenters. The van der Waals surface area contributed by atoms with Gasteiger partial charge in [-0.25, -0.2) is 0 Å². The molecule has 3 N–H and O–H groups in total. The van der Waals surface area contributed by atoms with E-state index < -0.39 is 0 Å². The molecular formula is C11H23N3. The Bertz CT molecular complexity index is 160. The molecule has 0 aliphatic carbocycles. The molecule has 0 aromatic heterocycles. The zero-order valence-corrected chi connectivity index (χ0v) is 9.04. The molecule has 0 saturated carbocycles. The van der Waals surface area contributed by atoms with Gasteiger partial charge in [-0.3, -0.25) is 0 Å². The van der Waals surface area contributed by atoms with E-state index in [2.05, 4.69) is 10.2 Å². The lowest BCUT2D eigenvalue weighted by atomic mass is 9.90. The van der Waals surface area contributed by atoms with Crippen LogP contribution in [0.25, 0.3) is 0 Å². The molecule has 2 rings (SSSR count). The van der Waals surface area contributed by atoms with Crippen molar-refractivity contribution in [3.8, 4) is 0 Å². The monoisotopic (exact) mass is 197 g/mol. The fraction of sp³-hybridized carbons (Fsp3) is 1.00. The van der Waals surface area contributed by atoms with Crippen LogP contribution in [0.5, 0.6) is 0 Å². The van der Waals surface area contributed by atoms with Gasteiger partial charge < -0.3 is 16.0 Å². The number of nitrogens with zero attached hydrogens (tertiary/aromatic N) is 1. The summed E-state index contributed by atoms with van der Waals surface area (Å²) in [7, 11) is 0. The van der Waals surface area contributed by atoms with Crippen LogP contribution in [0.4, 0.5) is 0 Å². The number of likely N-dealkylation sites (tertiary alicyclic amines) is 1. The SMILES string of the molecule is NC(CN1CCCC1)C1CCNCC1. The van der Waals surface area contributed by atoms with Crippen molar-refractivity contribution >= 4 is 0 Å². The largest absolute Gasteiger partial charge is 0.326 e. The predicted molar refractivity (Wildman–Crippen MR) is 59.2 cm³/mol. The van der Waals surface area contributed by atoms with E-state index in [0.29, 0.717) is 6.04 Å². The van der Waals surface area contributed by atoms with Crippen molar-refractivity contribution in [2.75, 3.05) is 32.7 Å². The van der Waals surface area contributed by atoms with Crippen LogP contribution in [-0.4, -0.2) is 43.7 Å². The van der Waals surface area contributed by atoms with E-state index in [-0.39, 0.29) is 0 Å². The van der Waals surface area contributed by atoms with Crippen LogP contribution in [0.15, 0.2) is 0 Å². The number of hydrogen-bond acceptors (Lipinski definition) is 3. The van der Waals surface area contributed by atoms with Gasteiger partial charge in [-0.2, -0.15) is 0 Å². The molecule has 2 aliphatic rings. The van der Waals surface area contributed by atoms with Crippen LogP contribution in [0.2, 0.25) is 0 Å². The lowest BCUT2D eigenvalue weighted by Gasteiger charge is -2.30. The number of nitrogens with two attached hydrogens (primary N) is 1. The third-order valence-corrected chi connectivity index (χ3v) is 3.66. The maximum Gasteiger partial charge on any atom is 0.0197 e. The van der Waals surface area contributed by atoms with Gasteiger partial charge in [-0.05, 0) is 57.8 Å². The summed E-state index contributed by atoms with van der Waals surface area (Å²) in [4.78, 5) is 2.53. The third kappa shape index (κ3) is 2.69. The van der Waals surface area contributed by atoms with Gasteiger partial charge >= 0.3 is 0 Å². The van der Waals surface area contributed by atoms with E-state index in [4.69, 9.17) is 5.73 Å². The van der Waals surface area contributed by atoms with E-state index in [0.717, 1.165) is 12.5 Å². The van der Waals surface area contributed by atoms with E-state index in [9.17, 15) is 0 Å². The summed E-state index contributed by atoms with van der Waals surface area (Å²) in [6.45, 7) is 6.01. The van der Waals surface area contributed by atoms with Gasteiger partial charge in [0.15, 0.2) is 0 Å². The lowest BCUT2D eigenvalue weighted by Crippen LogP contribution is -2.45. The second-order valence-electron chi connectivity index (χ2n) is 4.76. The zero-order chi connectivity index (χ0) is 9.80. The van der Waals surface area contributed by atoms with Crippen LogP contribution >= 0.6 is 0 Å². The smallest absolute Gasteiger partial charge is 0.0197 e. The Hall–Kier alpha value is -0.120. The maximum atomic E-state index is 6.26. The summed E-state index contributed by atoms with van der Waals surface area (Å²) in [5.41, 5.74) is 6.26. The fourth-order valence-electron chi connectivity index (χ4n) is 2.68. The van der Waals surface area contributed by atoms with Crippen molar-refractivity contribution in [1.29, 1.82) is 0 Å². The Morgan fingerprint density at radius 3 is 2.50 bits per heavy atom. The van der Waals surface area contributed by atoms with Gasteiger partial charge in [-0.1, -0.05) is 0 Å². The predicted octanol–water partition coefficient (Wildman–Crippen LogP) is 0.409. The molecule has 82 valence electrons. The van der Waals surface area contributed by atoms with Gasteiger partial charge in [0.05, 0.1) is 0 Å². The van der Waals surface area contributed by atoms with Crippen molar-refractivity contribution < 1.29 is 0 Å². The van der Waals surface area contributed by atoms with Crippen LogP contribution in [-0.2, 0) is 0 Å². The highest BCUT2D eigenvalue weighted by molar-refractivity contribution is 4.82. The van der Waals surface area contributed by atoms with E-state index in [1.54, 1.807) is 0 Å². The number of rotatable bonds is 3. The molecule has 3 nitrogen and oxygen atoms in total. The van der Waals surface area contributed by atoms with Gasteiger partial charge in [-0.15, -0.1) is 0 Å². The van der Waals surface area contributed by atoms with Crippen LogP contribution in [0.3, 0.4) is 0 Å². The fourth-order valence-corrected chi connectivity index (χ4v) is 2.68. The summed E-state index contributed by atoms with van der Waals surface area (Å²) in [5, 5.41) is 3.39. The summed E-state index contributed by atoms with van der Waals surface area (Å²) in [6.07, 6.45) is 5.29. The first-order valence-electron chi connectivity index (χ1n) is 6.05. The second-order valence-corrected chi connectivity index (χ2v) is 4.76. The molecule has 2 aliphatic heterocycles. The van der Waals surface area contributed by atoms with Gasteiger partial charge in [0.1, 0.15) is 0 Å². The van der Waals surface area contributed by atoms with E-state index >= 15 is 0 Å². The highest BCUT2D eigenvalue weighted by atomic mass is 15.1. The molecule has 1 unspecified atom stereocenters. The molecule has 14 heavy (non-hydrogen) atoms. The number of hydrogen-bond donors (Lipinski definition) is 2. The molecule has 0 aromatic rings. The van der Waals surface area contributed by atoms with Crippen LogP contribution in [0.1, 0.15) is 25.7 Å². The average Bonchev–Trinajstić information content (AvgIpc) is 2.72. The Balaban J connectivity index is 1.72. The third-order valence-electron chi connectivity index (χ3n) is 3.66. The van der Waals surface area contributed by atoms with Gasteiger partial charge in [0.25, 0.3) is 0 Å². The molecule has 3 heteroatoms. The second kappa shape index (κ2) is 5.10. The number of nitrogens with one attached hydrogen (secondary N) is 1. The molecule has 0 spiro atoms. The van der Waals surface area contributed by atoms with Crippen molar-refractivity contribution in [3.05, 3.63) is 0 Å². The maximum absolute atomic E-state index is 6.26. The lowest BCUT2D eigenvalue weighted by molar-refractivity contribution is 0.240. The Morgan fingerprint density at radius 2 is 1.86 bits per heavy atom. The molecule has 0 amide bonds. The van der Waals surface area contributed by atoms with Crippen molar-refractivity contribution in [2.24, 2.45) is 11.7 Å².